The number of nitrogens with two attached hydrogens (primary N) is 1. The standard InChI is InChI=1S/C13H26N2O/c1-12(6-8-16-9-7-12)15-11-13(10-14)4-2-3-5-13/h15H,2-11,14H2,1H3. The summed E-state index contributed by atoms with van der Waals surface area (Å²) < 4.78 is 5.42. The number of hydrogen-bond donors (Lipinski definition) is 2. The molecule has 0 radical (unpaired) electrons. The monoisotopic (exact) mass is 226 g/mol. The van der Waals surface area contributed by atoms with E-state index < -0.39 is 0 Å². The van der Waals surface area contributed by atoms with Gasteiger partial charge in [0.2, 0.25) is 0 Å². The molecule has 2 fully saturated rings. The van der Waals surface area contributed by atoms with E-state index in [4.69, 9.17) is 10.5 Å². The third-order valence-corrected chi connectivity index (χ3v) is 4.58. The molecule has 94 valence electrons. The summed E-state index contributed by atoms with van der Waals surface area (Å²) in [5, 5.41) is 3.77. The molecule has 0 aromatic rings. The molecule has 2 aliphatic rings. The molecule has 0 aromatic heterocycles. The van der Waals surface area contributed by atoms with Crippen molar-refractivity contribution in [2.45, 2.75) is 51.0 Å². The first-order valence-corrected chi connectivity index (χ1v) is 6.71. The summed E-state index contributed by atoms with van der Waals surface area (Å²) >= 11 is 0. The predicted octanol–water partition coefficient (Wildman–Crippen LogP) is 1.66. The Hall–Kier alpha value is -0.120. The molecule has 2 rings (SSSR count). The first-order chi connectivity index (χ1) is 7.68. The van der Waals surface area contributed by atoms with Crippen LogP contribution >= 0.6 is 0 Å². The largest absolute Gasteiger partial charge is 0.381 e. The van der Waals surface area contributed by atoms with Gasteiger partial charge in [0.25, 0.3) is 0 Å². The lowest BCUT2D eigenvalue weighted by Gasteiger charge is -2.38. The van der Waals surface area contributed by atoms with Crippen LogP contribution in [0.5, 0.6) is 0 Å². The van der Waals surface area contributed by atoms with Crippen molar-refractivity contribution in [1.82, 2.24) is 5.32 Å². The van der Waals surface area contributed by atoms with E-state index in [-0.39, 0.29) is 5.54 Å². The fourth-order valence-corrected chi connectivity index (χ4v) is 2.98. The smallest absolute Gasteiger partial charge is 0.0483 e. The topological polar surface area (TPSA) is 47.3 Å². The Morgan fingerprint density at radius 3 is 2.31 bits per heavy atom. The first kappa shape index (κ1) is 12.3. The van der Waals surface area contributed by atoms with E-state index in [1.165, 1.54) is 25.7 Å². The first-order valence-electron chi connectivity index (χ1n) is 6.71. The van der Waals surface area contributed by atoms with E-state index in [1.54, 1.807) is 0 Å². The van der Waals surface area contributed by atoms with Crippen LogP contribution in [0.25, 0.3) is 0 Å². The summed E-state index contributed by atoms with van der Waals surface area (Å²) in [5.74, 6) is 0. The number of ether oxygens (including phenoxy) is 1. The van der Waals surface area contributed by atoms with E-state index in [0.29, 0.717) is 5.41 Å². The van der Waals surface area contributed by atoms with Crippen molar-refractivity contribution in [2.75, 3.05) is 26.3 Å². The molecule has 1 aliphatic carbocycles. The number of hydrogen-bond acceptors (Lipinski definition) is 3. The molecule has 0 unspecified atom stereocenters. The number of rotatable bonds is 4. The van der Waals surface area contributed by atoms with Crippen molar-refractivity contribution >= 4 is 0 Å². The lowest BCUT2D eigenvalue weighted by atomic mass is 9.84. The maximum Gasteiger partial charge on any atom is 0.0483 e. The third-order valence-electron chi connectivity index (χ3n) is 4.58. The van der Waals surface area contributed by atoms with Gasteiger partial charge in [0.1, 0.15) is 0 Å². The highest BCUT2D eigenvalue weighted by molar-refractivity contribution is 4.92. The second-order valence-electron chi connectivity index (χ2n) is 5.94. The minimum absolute atomic E-state index is 0.281. The highest BCUT2D eigenvalue weighted by Crippen LogP contribution is 2.37. The molecule has 1 heterocycles. The summed E-state index contributed by atoms with van der Waals surface area (Å²) in [6.45, 7) is 6.07. The number of nitrogens with one attached hydrogen (secondary N) is 1. The second-order valence-corrected chi connectivity index (χ2v) is 5.94. The van der Waals surface area contributed by atoms with Gasteiger partial charge in [0, 0.05) is 25.3 Å². The highest BCUT2D eigenvalue weighted by Gasteiger charge is 2.35. The summed E-state index contributed by atoms with van der Waals surface area (Å²) in [7, 11) is 0. The van der Waals surface area contributed by atoms with Crippen LogP contribution in [0.2, 0.25) is 0 Å². The van der Waals surface area contributed by atoms with Crippen molar-refractivity contribution in [3.63, 3.8) is 0 Å². The molecule has 0 atom stereocenters. The average molecular weight is 226 g/mol. The normalized spacial score (nSPS) is 28.1. The Bertz CT molecular complexity index is 218. The maximum atomic E-state index is 5.96. The van der Waals surface area contributed by atoms with E-state index >= 15 is 0 Å². The van der Waals surface area contributed by atoms with Crippen molar-refractivity contribution < 1.29 is 4.74 Å². The van der Waals surface area contributed by atoms with Crippen LogP contribution in [0.4, 0.5) is 0 Å². The lowest BCUT2D eigenvalue weighted by Crippen LogP contribution is -2.51. The van der Waals surface area contributed by atoms with E-state index in [1.807, 2.05) is 0 Å². The molecule has 3 nitrogen and oxygen atoms in total. The summed E-state index contributed by atoms with van der Waals surface area (Å²) in [6, 6.07) is 0. The molecule has 0 aromatic carbocycles. The van der Waals surface area contributed by atoms with Gasteiger partial charge < -0.3 is 15.8 Å². The molecule has 3 N–H and O–H groups in total. The molecule has 3 heteroatoms. The minimum Gasteiger partial charge on any atom is -0.381 e. The summed E-state index contributed by atoms with van der Waals surface area (Å²) in [4.78, 5) is 0. The van der Waals surface area contributed by atoms with Gasteiger partial charge in [0.15, 0.2) is 0 Å². The Balaban J connectivity index is 1.85. The van der Waals surface area contributed by atoms with Gasteiger partial charge in [-0.3, -0.25) is 0 Å². The SMILES string of the molecule is CC1(NCC2(CN)CCCC2)CCOCC1. The van der Waals surface area contributed by atoms with Gasteiger partial charge in [-0.15, -0.1) is 0 Å². The summed E-state index contributed by atoms with van der Waals surface area (Å²) in [6.07, 6.45) is 7.60. The van der Waals surface area contributed by atoms with Crippen molar-refractivity contribution in [3.05, 3.63) is 0 Å². The lowest BCUT2D eigenvalue weighted by molar-refractivity contribution is 0.0404. The zero-order valence-electron chi connectivity index (χ0n) is 10.6. The van der Waals surface area contributed by atoms with Gasteiger partial charge in [0.05, 0.1) is 0 Å². The van der Waals surface area contributed by atoms with Crippen molar-refractivity contribution in [1.29, 1.82) is 0 Å². The van der Waals surface area contributed by atoms with Crippen LogP contribution in [0.1, 0.15) is 45.4 Å². The molecule has 0 spiro atoms. The van der Waals surface area contributed by atoms with Crippen molar-refractivity contribution in [3.8, 4) is 0 Å². The second kappa shape index (κ2) is 5.03. The highest BCUT2D eigenvalue weighted by atomic mass is 16.5. The average Bonchev–Trinajstić information content (AvgIpc) is 2.77. The molecular weight excluding hydrogens is 200 g/mol. The van der Waals surface area contributed by atoms with Gasteiger partial charge >= 0.3 is 0 Å². The predicted molar refractivity (Wildman–Crippen MR) is 66.4 cm³/mol. The van der Waals surface area contributed by atoms with Gasteiger partial charge in [-0.25, -0.2) is 0 Å². The Morgan fingerprint density at radius 1 is 1.12 bits per heavy atom. The molecule has 1 aliphatic heterocycles. The van der Waals surface area contributed by atoms with Crippen LogP contribution in [-0.2, 0) is 4.74 Å². The van der Waals surface area contributed by atoms with Gasteiger partial charge in [-0.2, -0.15) is 0 Å². The molecule has 0 amide bonds. The molecule has 1 saturated heterocycles. The quantitative estimate of drug-likeness (QED) is 0.766. The Labute approximate surface area is 99.1 Å². The molecule has 1 saturated carbocycles. The fraction of sp³-hybridized carbons (Fsp3) is 1.00. The van der Waals surface area contributed by atoms with Crippen LogP contribution in [0.3, 0.4) is 0 Å². The van der Waals surface area contributed by atoms with Crippen LogP contribution in [-0.4, -0.2) is 31.8 Å². The maximum absolute atomic E-state index is 5.96. The van der Waals surface area contributed by atoms with E-state index in [0.717, 1.165) is 39.1 Å². The van der Waals surface area contributed by atoms with E-state index in [2.05, 4.69) is 12.2 Å². The fourth-order valence-electron chi connectivity index (χ4n) is 2.98. The molecule has 16 heavy (non-hydrogen) atoms. The summed E-state index contributed by atoms with van der Waals surface area (Å²) in [5.41, 5.74) is 6.63. The Kier molecular flexibility index (Phi) is 3.88. The Morgan fingerprint density at radius 2 is 1.75 bits per heavy atom. The molecule has 0 bridgehead atoms. The zero-order valence-corrected chi connectivity index (χ0v) is 10.6. The van der Waals surface area contributed by atoms with E-state index in [9.17, 15) is 0 Å². The third kappa shape index (κ3) is 2.76. The van der Waals surface area contributed by atoms with Gasteiger partial charge in [-0.1, -0.05) is 12.8 Å². The van der Waals surface area contributed by atoms with Crippen LogP contribution < -0.4 is 11.1 Å². The van der Waals surface area contributed by atoms with Crippen LogP contribution in [0.15, 0.2) is 0 Å². The van der Waals surface area contributed by atoms with Crippen molar-refractivity contribution in [2.24, 2.45) is 11.1 Å². The minimum atomic E-state index is 0.281. The molecular formula is C13H26N2O. The zero-order chi connectivity index (χ0) is 11.5. The van der Waals surface area contributed by atoms with Crippen LogP contribution in [0, 0.1) is 5.41 Å². The van der Waals surface area contributed by atoms with Gasteiger partial charge in [-0.05, 0) is 44.6 Å².